The van der Waals surface area contributed by atoms with E-state index in [1.54, 1.807) is 0 Å². The van der Waals surface area contributed by atoms with Gasteiger partial charge in [-0.1, -0.05) is 12.1 Å². The molecular formula is C9H10N2O2. The van der Waals surface area contributed by atoms with Gasteiger partial charge in [0.25, 0.3) is 0 Å². The summed E-state index contributed by atoms with van der Waals surface area (Å²) in [6, 6.07) is 7.48. The molecule has 2 rings (SSSR count). The molecule has 1 aliphatic heterocycles. The standard InChI is InChI=1S/C9H10N2O2/c12-11-9-5-6-13-8-4-2-1-3-7(8)10-9/h1-4,12H,5-6H2,(H,10,11). The predicted octanol–water partition coefficient (Wildman–Crippen LogP) is 1.48. The highest BCUT2D eigenvalue weighted by Gasteiger charge is 2.08. The Bertz CT molecular complexity index is 336. The van der Waals surface area contributed by atoms with Crippen LogP contribution in [-0.4, -0.2) is 17.6 Å². The molecule has 4 nitrogen and oxygen atoms in total. The minimum Gasteiger partial charge on any atom is -0.491 e. The summed E-state index contributed by atoms with van der Waals surface area (Å²) in [6.07, 6.45) is 0.588. The maximum Gasteiger partial charge on any atom is 0.144 e. The quantitative estimate of drug-likeness (QED) is 0.591. The first-order chi connectivity index (χ1) is 6.40. The number of amidine groups is 1. The van der Waals surface area contributed by atoms with Gasteiger partial charge in [-0.15, -0.1) is 0 Å². The summed E-state index contributed by atoms with van der Waals surface area (Å²) in [6.45, 7) is 0.531. The van der Waals surface area contributed by atoms with E-state index in [-0.39, 0.29) is 0 Å². The summed E-state index contributed by atoms with van der Waals surface area (Å²) < 4.78 is 5.41. The van der Waals surface area contributed by atoms with Crippen LogP contribution >= 0.6 is 0 Å². The molecule has 68 valence electrons. The van der Waals surface area contributed by atoms with Crippen molar-refractivity contribution in [3.05, 3.63) is 24.3 Å². The number of benzene rings is 1. The Labute approximate surface area is 75.8 Å². The lowest BCUT2D eigenvalue weighted by atomic mass is 10.3. The molecule has 1 aromatic carbocycles. The molecule has 1 heterocycles. The molecule has 0 saturated heterocycles. The molecule has 4 heteroatoms. The van der Waals surface area contributed by atoms with Crippen molar-refractivity contribution in [2.45, 2.75) is 6.42 Å². The van der Waals surface area contributed by atoms with Crippen molar-refractivity contribution in [2.24, 2.45) is 4.99 Å². The van der Waals surface area contributed by atoms with Crippen LogP contribution < -0.4 is 10.2 Å². The Morgan fingerprint density at radius 2 is 2.23 bits per heavy atom. The second kappa shape index (κ2) is 3.45. The van der Waals surface area contributed by atoms with Crippen LogP contribution in [0.15, 0.2) is 29.3 Å². The number of aliphatic imine (C=N–C) groups is 1. The first-order valence-electron chi connectivity index (χ1n) is 4.09. The van der Waals surface area contributed by atoms with Crippen LogP contribution in [0.25, 0.3) is 0 Å². The van der Waals surface area contributed by atoms with Gasteiger partial charge in [0, 0.05) is 6.42 Å². The molecule has 0 aliphatic carbocycles. The van der Waals surface area contributed by atoms with Crippen molar-refractivity contribution in [1.29, 1.82) is 0 Å². The molecule has 2 N–H and O–H groups in total. The average molecular weight is 178 g/mol. The van der Waals surface area contributed by atoms with Gasteiger partial charge in [0.2, 0.25) is 0 Å². The zero-order valence-corrected chi connectivity index (χ0v) is 7.03. The van der Waals surface area contributed by atoms with Gasteiger partial charge in [-0.05, 0) is 12.1 Å². The van der Waals surface area contributed by atoms with E-state index in [1.807, 2.05) is 24.3 Å². The number of rotatable bonds is 0. The van der Waals surface area contributed by atoms with E-state index in [1.165, 1.54) is 0 Å². The summed E-state index contributed by atoms with van der Waals surface area (Å²) in [4.78, 5) is 4.19. The molecule has 13 heavy (non-hydrogen) atoms. The number of nitrogens with zero attached hydrogens (tertiary/aromatic N) is 1. The number of fused-ring (bicyclic) bond motifs is 1. The van der Waals surface area contributed by atoms with Crippen molar-refractivity contribution < 1.29 is 9.94 Å². The van der Waals surface area contributed by atoms with Crippen LogP contribution in [0.1, 0.15) is 6.42 Å². The minimum atomic E-state index is 0.531. The van der Waals surface area contributed by atoms with E-state index >= 15 is 0 Å². The largest absolute Gasteiger partial charge is 0.491 e. The zero-order chi connectivity index (χ0) is 9.10. The molecule has 1 aliphatic rings. The summed E-state index contributed by atoms with van der Waals surface area (Å²) in [7, 11) is 0. The Hall–Kier alpha value is -1.55. The van der Waals surface area contributed by atoms with Gasteiger partial charge in [-0.25, -0.2) is 4.99 Å². The number of hydrogen-bond acceptors (Lipinski definition) is 4. The molecule has 0 spiro atoms. The lowest BCUT2D eigenvalue weighted by molar-refractivity contribution is 0.229. The summed E-state index contributed by atoms with van der Waals surface area (Å²) >= 11 is 0. The second-order valence-electron chi connectivity index (χ2n) is 2.74. The van der Waals surface area contributed by atoms with E-state index in [0.29, 0.717) is 18.9 Å². The van der Waals surface area contributed by atoms with E-state index in [2.05, 4.69) is 10.5 Å². The highest BCUT2D eigenvalue weighted by molar-refractivity contribution is 5.85. The molecule has 0 amide bonds. The fraction of sp³-hybridized carbons (Fsp3) is 0.222. The molecule has 1 aromatic rings. The predicted molar refractivity (Wildman–Crippen MR) is 48.6 cm³/mol. The zero-order valence-electron chi connectivity index (χ0n) is 7.03. The van der Waals surface area contributed by atoms with Gasteiger partial charge < -0.3 is 4.74 Å². The van der Waals surface area contributed by atoms with Crippen LogP contribution in [0, 0.1) is 0 Å². The van der Waals surface area contributed by atoms with Crippen LogP contribution in [-0.2, 0) is 0 Å². The Kier molecular flexibility index (Phi) is 2.14. The topological polar surface area (TPSA) is 53.8 Å². The first kappa shape index (κ1) is 8.07. The number of para-hydroxylation sites is 2. The van der Waals surface area contributed by atoms with E-state index in [0.717, 1.165) is 11.4 Å². The van der Waals surface area contributed by atoms with Gasteiger partial charge in [0.15, 0.2) is 0 Å². The van der Waals surface area contributed by atoms with Crippen molar-refractivity contribution in [1.82, 2.24) is 5.48 Å². The fourth-order valence-corrected chi connectivity index (χ4v) is 1.21. The van der Waals surface area contributed by atoms with E-state index < -0.39 is 0 Å². The van der Waals surface area contributed by atoms with Crippen LogP contribution in [0.2, 0.25) is 0 Å². The minimum absolute atomic E-state index is 0.531. The maximum atomic E-state index is 8.71. The summed E-state index contributed by atoms with van der Waals surface area (Å²) in [5.74, 6) is 1.29. The Morgan fingerprint density at radius 3 is 3.08 bits per heavy atom. The fourth-order valence-electron chi connectivity index (χ4n) is 1.21. The Balaban J connectivity index is 2.40. The molecule has 0 unspecified atom stereocenters. The maximum absolute atomic E-state index is 8.71. The third-order valence-corrected chi connectivity index (χ3v) is 1.85. The van der Waals surface area contributed by atoms with Gasteiger partial charge in [0.1, 0.15) is 17.3 Å². The molecule has 0 saturated carbocycles. The van der Waals surface area contributed by atoms with Crippen LogP contribution in [0.3, 0.4) is 0 Å². The summed E-state index contributed by atoms with van der Waals surface area (Å²) in [5, 5.41) is 8.71. The van der Waals surface area contributed by atoms with Gasteiger partial charge in [-0.3, -0.25) is 10.7 Å². The van der Waals surface area contributed by atoms with Gasteiger partial charge >= 0.3 is 0 Å². The number of nitrogens with one attached hydrogen (secondary N) is 1. The lowest BCUT2D eigenvalue weighted by Gasteiger charge is -2.02. The van der Waals surface area contributed by atoms with Crippen molar-refractivity contribution in [2.75, 3.05) is 6.61 Å². The van der Waals surface area contributed by atoms with Crippen molar-refractivity contribution >= 4 is 11.5 Å². The Morgan fingerprint density at radius 1 is 1.38 bits per heavy atom. The number of ether oxygens (including phenoxy) is 1. The first-order valence-corrected chi connectivity index (χ1v) is 4.09. The molecule has 0 atom stereocenters. The normalized spacial score (nSPS) is 15.0. The van der Waals surface area contributed by atoms with Crippen molar-refractivity contribution in [3.8, 4) is 5.75 Å². The van der Waals surface area contributed by atoms with Crippen LogP contribution in [0.4, 0.5) is 5.69 Å². The highest BCUT2D eigenvalue weighted by Crippen LogP contribution is 2.28. The number of hydroxylamine groups is 1. The molecule has 0 aromatic heterocycles. The SMILES string of the molecule is ONC1=Nc2ccccc2OCC1. The molecule has 0 bridgehead atoms. The third-order valence-electron chi connectivity index (χ3n) is 1.85. The average Bonchev–Trinajstić information content (AvgIpc) is 2.38. The summed E-state index contributed by atoms with van der Waals surface area (Å²) in [5.41, 5.74) is 2.80. The highest BCUT2D eigenvalue weighted by atomic mass is 16.5. The van der Waals surface area contributed by atoms with Crippen molar-refractivity contribution in [3.63, 3.8) is 0 Å². The lowest BCUT2D eigenvalue weighted by Crippen LogP contribution is -2.19. The van der Waals surface area contributed by atoms with Gasteiger partial charge in [-0.2, -0.15) is 0 Å². The number of hydrogen-bond donors (Lipinski definition) is 2. The van der Waals surface area contributed by atoms with E-state index in [4.69, 9.17) is 9.94 Å². The van der Waals surface area contributed by atoms with E-state index in [9.17, 15) is 0 Å². The molecule has 0 fully saturated rings. The third kappa shape index (κ3) is 1.62. The monoisotopic (exact) mass is 178 g/mol. The van der Waals surface area contributed by atoms with Gasteiger partial charge in [0.05, 0.1) is 6.61 Å². The molecular weight excluding hydrogens is 168 g/mol. The second-order valence-corrected chi connectivity index (χ2v) is 2.74. The smallest absolute Gasteiger partial charge is 0.144 e. The van der Waals surface area contributed by atoms with Crippen LogP contribution in [0.5, 0.6) is 5.75 Å². The molecule has 0 radical (unpaired) electrons.